The fraction of sp³-hybridized carbons (Fsp3) is 0.0667. The van der Waals surface area contributed by atoms with E-state index < -0.39 is 5.97 Å². The number of halogens is 2. The lowest BCUT2D eigenvalue weighted by Crippen LogP contribution is -1.99. The predicted molar refractivity (Wildman–Crippen MR) is 85.8 cm³/mol. The Bertz CT molecular complexity index is 829. The number of hydrogen-bond acceptors (Lipinski definition) is 3. The van der Waals surface area contributed by atoms with Crippen molar-refractivity contribution < 1.29 is 15.0 Å². The summed E-state index contributed by atoms with van der Waals surface area (Å²) in [7, 11) is 0. The van der Waals surface area contributed by atoms with Crippen molar-refractivity contribution in [3.8, 4) is 11.3 Å². The van der Waals surface area contributed by atoms with Crippen LogP contribution in [0.1, 0.15) is 16.1 Å². The predicted octanol–water partition coefficient (Wildman–Crippen LogP) is 3.27. The number of aliphatic hydroxyl groups is 1. The molecule has 2 N–H and O–H groups in total. The van der Waals surface area contributed by atoms with E-state index in [9.17, 15) is 9.90 Å². The van der Waals surface area contributed by atoms with Gasteiger partial charge in [-0.3, -0.25) is 0 Å². The largest absolute Gasteiger partial charge is 0.478 e. The molecule has 22 heavy (non-hydrogen) atoms. The quantitative estimate of drug-likeness (QED) is 0.768. The molecule has 5 nitrogen and oxygen atoms in total. The fourth-order valence-electron chi connectivity index (χ4n) is 2.22. The summed E-state index contributed by atoms with van der Waals surface area (Å²) >= 11 is 5.87. The third-order valence-corrected chi connectivity index (χ3v) is 3.49. The van der Waals surface area contributed by atoms with E-state index in [-0.39, 0.29) is 24.6 Å². The molecule has 0 spiro atoms. The molecule has 0 unspecified atom stereocenters. The van der Waals surface area contributed by atoms with Gasteiger partial charge in [0.15, 0.2) is 0 Å². The lowest BCUT2D eigenvalue weighted by atomic mass is 10.1. The summed E-state index contributed by atoms with van der Waals surface area (Å²) in [6.07, 6.45) is 1.59. The van der Waals surface area contributed by atoms with Gasteiger partial charge in [-0.05, 0) is 24.3 Å². The summed E-state index contributed by atoms with van der Waals surface area (Å²) in [6.45, 7) is -0.203. The normalized spacial score (nSPS) is 10.5. The van der Waals surface area contributed by atoms with Crippen molar-refractivity contribution in [2.75, 3.05) is 0 Å². The van der Waals surface area contributed by atoms with Gasteiger partial charge < -0.3 is 14.6 Å². The Morgan fingerprint density at radius 1 is 1.23 bits per heavy atom. The molecule has 0 fully saturated rings. The minimum absolute atomic E-state index is 0. The smallest absolute Gasteiger partial charge is 0.335 e. The highest BCUT2D eigenvalue weighted by Gasteiger charge is 2.14. The highest BCUT2D eigenvalue weighted by atomic mass is 35.5. The fourth-order valence-corrected chi connectivity index (χ4v) is 2.34. The number of rotatable bonds is 3. The van der Waals surface area contributed by atoms with Crippen LogP contribution in [0.3, 0.4) is 0 Å². The maximum absolute atomic E-state index is 11.0. The molecule has 0 saturated heterocycles. The van der Waals surface area contributed by atoms with Crippen molar-refractivity contribution in [2.45, 2.75) is 6.61 Å². The number of imidazole rings is 1. The van der Waals surface area contributed by atoms with Gasteiger partial charge in [0.2, 0.25) is 0 Å². The molecule has 1 aromatic carbocycles. The van der Waals surface area contributed by atoms with Crippen molar-refractivity contribution in [1.82, 2.24) is 9.38 Å². The van der Waals surface area contributed by atoms with Crippen LogP contribution in [0.4, 0.5) is 0 Å². The lowest BCUT2D eigenvalue weighted by molar-refractivity contribution is 0.0697. The molecular weight excluding hydrogens is 327 g/mol. The number of carboxylic acids is 1. The van der Waals surface area contributed by atoms with E-state index in [0.717, 1.165) is 5.56 Å². The molecule has 0 radical (unpaired) electrons. The van der Waals surface area contributed by atoms with Crippen molar-refractivity contribution >= 4 is 35.6 Å². The van der Waals surface area contributed by atoms with Gasteiger partial charge in [-0.15, -0.1) is 12.4 Å². The van der Waals surface area contributed by atoms with Crippen molar-refractivity contribution in [3.63, 3.8) is 0 Å². The highest BCUT2D eigenvalue weighted by molar-refractivity contribution is 6.30. The monoisotopic (exact) mass is 338 g/mol. The van der Waals surface area contributed by atoms with Crippen LogP contribution in [0.15, 0.2) is 42.6 Å². The average Bonchev–Trinajstić information content (AvgIpc) is 2.85. The van der Waals surface area contributed by atoms with Crippen LogP contribution >= 0.6 is 24.0 Å². The first-order valence-corrected chi connectivity index (χ1v) is 6.59. The molecule has 0 aliphatic carbocycles. The maximum atomic E-state index is 11.0. The highest BCUT2D eigenvalue weighted by Crippen LogP contribution is 2.26. The summed E-state index contributed by atoms with van der Waals surface area (Å²) in [5.41, 5.74) is 2.65. The molecule has 0 bridgehead atoms. The molecule has 0 atom stereocenters. The Morgan fingerprint density at radius 2 is 1.91 bits per heavy atom. The van der Waals surface area contributed by atoms with Gasteiger partial charge in [0.1, 0.15) is 5.65 Å². The number of aromatic carboxylic acids is 1. The second-order valence-electron chi connectivity index (χ2n) is 4.52. The molecule has 3 rings (SSSR count). The van der Waals surface area contributed by atoms with Gasteiger partial charge in [-0.1, -0.05) is 23.7 Å². The van der Waals surface area contributed by atoms with E-state index in [0.29, 0.717) is 22.1 Å². The third kappa shape index (κ3) is 2.78. The van der Waals surface area contributed by atoms with Gasteiger partial charge in [0.05, 0.1) is 23.6 Å². The summed E-state index contributed by atoms with van der Waals surface area (Å²) in [6, 6.07) is 10.0. The van der Waals surface area contributed by atoms with Crippen LogP contribution in [0.2, 0.25) is 5.02 Å². The van der Waals surface area contributed by atoms with E-state index in [1.165, 1.54) is 12.1 Å². The molecule has 3 aromatic rings. The minimum Gasteiger partial charge on any atom is -0.478 e. The van der Waals surface area contributed by atoms with Gasteiger partial charge in [0, 0.05) is 16.8 Å². The number of aliphatic hydroxyl groups excluding tert-OH is 1. The van der Waals surface area contributed by atoms with Crippen LogP contribution in [0.25, 0.3) is 16.9 Å². The first-order valence-electron chi connectivity index (χ1n) is 6.21. The van der Waals surface area contributed by atoms with Gasteiger partial charge in [-0.25, -0.2) is 9.78 Å². The molecule has 2 aromatic heterocycles. The van der Waals surface area contributed by atoms with Crippen LogP contribution in [0.5, 0.6) is 0 Å². The number of carboxylic acid groups (broad SMARTS) is 1. The zero-order chi connectivity index (χ0) is 15.0. The number of fused-ring (bicyclic) bond motifs is 1. The number of hydrogen-bond donors (Lipinski definition) is 2. The molecule has 0 amide bonds. The Kier molecular flexibility index (Phi) is 4.71. The Balaban J connectivity index is 0.00000176. The van der Waals surface area contributed by atoms with Crippen molar-refractivity contribution in [2.24, 2.45) is 0 Å². The zero-order valence-corrected chi connectivity index (χ0v) is 12.8. The second kappa shape index (κ2) is 6.36. The third-order valence-electron chi connectivity index (χ3n) is 3.24. The molecule has 7 heteroatoms. The SMILES string of the molecule is Cl.O=C(O)c1ccn2c(CO)c(-c3ccc(Cl)cc3)nc2c1. The van der Waals surface area contributed by atoms with Gasteiger partial charge >= 0.3 is 5.97 Å². The Labute approximate surface area is 137 Å². The van der Waals surface area contributed by atoms with Crippen molar-refractivity contribution in [3.05, 3.63) is 58.9 Å². The average molecular weight is 339 g/mol. The maximum Gasteiger partial charge on any atom is 0.335 e. The summed E-state index contributed by atoms with van der Waals surface area (Å²) in [5, 5.41) is 19.2. The summed E-state index contributed by atoms with van der Waals surface area (Å²) in [5.74, 6) is -1.01. The lowest BCUT2D eigenvalue weighted by Gasteiger charge is -2.02. The van der Waals surface area contributed by atoms with Crippen LogP contribution in [0, 0.1) is 0 Å². The van der Waals surface area contributed by atoms with E-state index in [1.54, 1.807) is 34.9 Å². The first kappa shape index (κ1) is 16.3. The number of nitrogens with zero attached hydrogens (tertiary/aromatic N) is 2. The summed E-state index contributed by atoms with van der Waals surface area (Å²) in [4.78, 5) is 15.4. The van der Waals surface area contributed by atoms with E-state index in [1.807, 2.05) is 0 Å². The van der Waals surface area contributed by atoms with Crippen molar-refractivity contribution in [1.29, 1.82) is 0 Å². The standard InChI is InChI=1S/C15H11ClN2O3.ClH/c16-11-3-1-9(2-4-11)14-12(8-19)18-6-5-10(15(20)21)7-13(18)17-14;/h1-7,19H,8H2,(H,20,21);1H. The zero-order valence-electron chi connectivity index (χ0n) is 11.2. The number of aromatic nitrogens is 2. The molecule has 2 heterocycles. The topological polar surface area (TPSA) is 74.8 Å². The van der Waals surface area contributed by atoms with Crippen LogP contribution < -0.4 is 0 Å². The van der Waals surface area contributed by atoms with Crippen LogP contribution in [-0.4, -0.2) is 25.6 Å². The number of carbonyl (C=O) groups is 1. The van der Waals surface area contributed by atoms with Gasteiger partial charge in [0.25, 0.3) is 0 Å². The number of benzene rings is 1. The molecular formula is C15H12Cl2N2O3. The van der Waals surface area contributed by atoms with E-state index in [4.69, 9.17) is 16.7 Å². The van der Waals surface area contributed by atoms with Crippen LogP contribution in [-0.2, 0) is 6.61 Å². The molecule has 0 aliphatic rings. The van der Waals surface area contributed by atoms with E-state index in [2.05, 4.69) is 4.98 Å². The Hall–Kier alpha value is -2.08. The van der Waals surface area contributed by atoms with Gasteiger partial charge in [-0.2, -0.15) is 0 Å². The van der Waals surface area contributed by atoms with E-state index >= 15 is 0 Å². The first-order chi connectivity index (χ1) is 10.1. The second-order valence-corrected chi connectivity index (χ2v) is 4.96. The summed E-state index contributed by atoms with van der Waals surface area (Å²) < 4.78 is 1.68. The molecule has 0 saturated carbocycles. The number of pyridine rings is 1. The molecule has 114 valence electrons. The Morgan fingerprint density at radius 3 is 2.50 bits per heavy atom. The minimum atomic E-state index is -1.01. The molecule has 0 aliphatic heterocycles.